The maximum Gasteiger partial charge on any atom is 0.275 e. The fourth-order valence-corrected chi connectivity index (χ4v) is 3.95. The second kappa shape index (κ2) is 7.08. The summed E-state index contributed by atoms with van der Waals surface area (Å²) < 4.78 is 9.61. The van der Waals surface area contributed by atoms with Crippen LogP contribution in [0, 0.1) is 13.8 Å². The quantitative estimate of drug-likeness (QED) is 0.557. The lowest BCUT2D eigenvalue weighted by atomic mass is 10.3. The predicted molar refractivity (Wildman–Crippen MR) is 109 cm³/mol. The van der Waals surface area contributed by atoms with Crippen LogP contribution in [0.15, 0.2) is 30.3 Å². The summed E-state index contributed by atoms with van der Waals surface area (Å²) in [6, 6.07) is 9.32. The van der Waals surface area contributed by atoms with Crippen LogP contribution in [0.25, 0.3) is 15.3 Å². The largest absolute Gasteiger partial charge is 0.497 e. The lowest BCUT2D eigenvalue weighted by Gasteiger charge is -2.07. The Morgan fingerprint density at radius 3 is 2.71 bits per heavy atom. The molecule has 4 rings (SSSR count). The molecule has 3 aromatic heterocycles. The van der Waals surface area contributed by atoms with Crippen molar-refractivity contribution in [1.29, 1.82) is 0 Å². The van der Waals surface area contributed by atoms with Crippen molar-refractivity contribution in [3.05, 3.63) is 47.4 Å². The maximum absolute atomic E-state index is 12.8. The first kappa shape index (κ1) is 18.2. The van der Waals surface area contributed by atoms with Gasteiger partial charge in [0.05, 0.1) is 28.7 Å². The van der Waals surface area contributed by atoms with E-state index in [0.29, 0.717) is 23.2 Å². The standard InChI is InChI=1S/C19H20N6O2S/c1-5-24-15(8-11(2)22-24)18(26)21-17-9-12(3)23-25(17)19-20-14-7-6-13(27-4)10-16(14)28-19/h6-10H,5H2,1-4H3,(H,21,26). The van der Waals surface area contributed by atoms with Crippen molar-refractivity contribution >= 4 is 33.3 Å². The summed E-state index contributed by atoms with van der Waals surface area (Å²) in [7, 11) is 1.64. The zero-order valence-electron chi connectivity index (χ0n) is 16.1. The first-order valence-corrected chi connectivity index (χ1v) is 9.67. The highest BCUT2D eigenvalue weighted by Crippen LogP contribution is 2.30. The van der Waals surface area contributed by atoms with Crippen molar-refractivity contribution in [3.8, 4) is 10.9 Å². The summed E-state index contributed by atoms with van der Waals surface area (Å²) in [5.74, 6) is 1.11. The van der Waals surface area contributed by atoms with Gasteiger partial charge in [-0.15, -0.1) is 0 Å². The third-order valence-electron chi connectivity index (χ3n) is 4.27. The number of benzene rings is 1. The van der Waals surface area contributed by atoms with Crippen LogP contribution in [0.3, 0.4) is 0 Å². The molecule has 1 N–H and O–H groups in total. The molecule has 0 bridgehead atoms. The molecule has 9 heteroatoms. The minimum Gasteiger partial charge on any atom is -0.497 e. The van der Waals surface area contributed by atoms with Gasteiger partial charge in [0, 0.05) is 12.6 Å². The number of anilines is 1. The Hall–Kier alpha value is -3.20. The molecular weight excluding hydrogens is 376 g/mol. The monoisotopic (exact) mass is 396 g/mol. The Morgan fingerprint density at radius 1 is 1.18 bits per heavy atom. The van der Waals surface area contributed by atoms with Crippen molar-refractivity contribution in [2.45, 2.75) is 27.3 Å². The molecule has 0 saturated heterocycles. The highest BCUT2D eigenvalue weighted by atomic mass is 32.1. The lowest BCUT2D eigenvalue weighted by molar-refractivity contribution is 0.101. The number of methoxy groups -OCH3 is 1. The number of amides is 1. The predicted octanol–water partition coefficient (Wildman–Crippen LogP) is 3.58. The number of hydrogen-bond donors (Lipinski definition) is 1. The molecule has 1 aromatic carbocycles. The maximum atomic E-state index is 12.8. The Bertz CT molecular complexity index is 1170. The molecule has 0 radical (unpaired) electrons. The Labute approximate surface area is 165 Å². The van der Waals surface area contributed by atoms with Gasteiger partial charge in [-0.05, 0) is 45.0 Å². The zero-order chi connectivity index (χ0) is 19.8. The van der Waals surface area contributed by atoms with Crippen LogP contribution in [-0.4, -0.2) is 37.6 Å². The van der Waals surface area contributed by atoms with Crippen LogP contribution in [0.4, 0.5) is 5.82 Å². The van der Waals surface area contributed by atoms with Crippen LogP contribution in [0.2, 0.25) is 0 Å². The van der Waals surface area contributed by atoms with Crippen molar-refractivity contribution in [3.63, 3.8) is 0 Å². The molecule has 0 aliphatic carbocycles. The molecule has 144 valence electrons. The van der Waals surface area contributed by atoms with Crippen LogP contribution < -0.4 is 10.1 Å². The van der Waals surface area contributed by atoms with E-state index < -0.39 is 0 Å². The van der Waals surface area contributed by atoms with Gasteiger partial charge < -0.3 is 10.1 Å². The number of rotatable bonds is 5. The Morgan fingerprint density at radius 2 is 1.96 bits per heavy atom. The van der Waals surface area contributed by atoms with Crippen LogP contribution in [0.1, 0.15) is 28.8 Å². The SMILES string of the molecule is CCn1nc(C)cc1C(=O)Nc1cc(C)nn1-c1nc2ccc(OC)cc2s1. The number of thiazole rings is 1. The lowest BCUT2D eigenvalue weighted by Crippen LogP contribution is -2.19. The molecule has 28 heavy (non-hydrogen) atoms. The first-order valence-electron chi connectivity index (χ1n) is 8.86. The molecule has 4 aromatic rings. The molecule has 0 saturated carbocycles. The van der Waals surface area contributed by atoms with Crippen LogP contribution in [-0.2, 0) is 6.54 Å². The number of ether oxygens (including phenoxy) is 1. The van der Waals surface area contributed by atoms with Gasteiger partial charge >= 0.3 is 0 Å². The van der Waals surface area contributed by atoms with E-state index in [4.69, 9.17) is 4.74 Å². The van der Waals surface area contributed by atoms with E-state index in [0.717, 1.165) is 27.4 Å². The van der Waals surface area contributed by atoms with Crippen LogP contribution in [0.5, 0.6) is 5.75 Å². The summed E-state index contributed by atoms with van der Waals surface area (Å²) >= 11 is 1.48. The van der Waals surface area contributed by atoms with Gasteiger partial charge in [0.1, 0.15) is 17.3 Å². The van der Waals surface area contributed by atoms with Gasteiger partial charge in [-0.2, -0.15) is 14.9 Å². The summed E-state index contributed by atoms with van der Waals surface area (Å²) in [6.45, 7) is 6.32. The van der Waals surface area contributed by atoms with E-state index in [2.05, 4.69) is 20.5 Å². The minimum atomic E-state index is -0.230. The van der Waals surface area contributed by atoms with E-state index in [1.54, 1.807) is 22.5 Å². The summed E-state index contributed by atoms with van der Waals surface area (Å²) in [4.78, 5) is 17.5. The molecule has 0 aliphatic rings. The highest BCUT2D eigenvalue weighted by Gasteiger charge is 2.18. The Balaban J connectivity index is 1.70. The second-order valence-corrected chi connectivity index (χ2v) is 7.36. The van der Waals surface area contributed by atoms with E-state index in [1.165, 1.54) is 11.3 Å². The summed E-state index contributed by atoms with van der Waals surface area (Å²) in [5.41, 5.74) is 2.95. The van der Waals surface area contributed by atoms with Gasteiger partial charge in [-0.25, -0.2) is 4.98 Å². The van der Waals surface area contributed by atoms with E-state index >= 15 is 0 Å². The van der Waals surface area contributed by atoms with Crippen molar-refractivity contribution in [2.75, 3.05) is 12.4 Å². The van der Waals surface area contributed by atoms with E-state index in [-0.39, 0.29) is 5.91 Å². The van der Waals surface area contributed by atoms with Gasteiger partial charge in [0.15, 0.2) is 0 Å². The van der Waals surface area contributed by atoms with E-state index in [9.17, 15) is 4.79 Å². The van der Waals surface area contributed by atoms with Crippen molar-refractivity contribution in [2.24, 2.45) is 0 Å². The fourth-order valence-electron chi connectivity index (χ4n) is 2.99. The first-order chi connectivity index (χ1) is 13.5. The molecule has 1 amide bonds. The normalized spacial score (nSPS) is 11.1. The number of fused-ring (bicyclic) bond motifs is 1. The van der Waals surface area contributed by atoms with Crippen molar-refractivity contribution in [1.82, 2.24) is 24.5 Å². The zero-order valence-corrected chi connectivity index (χ0v) is 16.9. The topological polar surface area (TPSA) is 86.9 Å². The van der Waals surface area contributed by atoms with Gasteiger partial charge in [-0.3, -0.25) is 9.48 Å². The minimum absolute atomic E-state index is 0.230. The van der Waals surface area contributed by atoms with Gasteiger partial charge in [0.25, 0.3) is 5.91 Å². The van der Waals surface area contributed by atoms with E-state index in [1.807, 2.05) is 45.0 Å². The van der Waals surface area contributed by atoms with Crippen molar-refractivity contribution < 1.29 is 9.53 Å². The molecule has 0 fully saturated rings. The third kappa shape index (κ3) is 3.24. The smallest absolute Gasteiger partial charge is 0.275 e. The average molecular weight is 396 g/mol. The summed E-state index contributed by atoms with van der Waals surface area (Å²) in [5, 5.41) is 12.5. The molecule has 3 heterocycles. The number of aromatic nitrogens is 5. The molecule has 0 aliphatic heterocycles. The molecule has 8 nitrogen and oxygen atoms in total. The van der Waals surface area contributed by atoms with Gasteiger partial charge in [0.2, 0.25) is 5.13 Å². The number of carbonyl (C=O) groups excluding carboxylic acids is 1. The molecular formula is C19H20N6O2S. The molecule has 0 unspecified atom stereocenters. The highest BCUT2D eigenvalue weighted by molar-refractivity contribution is 7.20. The number of hydrogen-bond acceptors (Lipinski definition) is 6. The third-order valence-corrected chi connectivity index (χ3v) is 5.27. The summed E-state index contributed by atoms with van der Waals surface area (Å²) in [6.07, 6.45) is 0. The second-order valence-electron chi connectivity index (χ2n) is 6.35. The number of nitrogens with one attached hydrogen (secondary N) is 1. The fraction of sp³-hybridized carbons (Fsp3) is 0.263. The number of nitrogens with zero attached hydrogens (tertiary/aromatic N) is 5. The number of carbonyl (C=O) groups is 1. The van der Waals surface area contributed by atoms with Crippen LogP contribution >= 0.6 is 11.3 Å². The van der Waals surface area contributed by atoms with Gasteiger partial charge in [-0.1, -0.05) is 11.3 Å². The number of aryl methyl sites for hydroxylation is 3. The molecule has 0 spiro atoms. The average Bonchev–Trinajstić information content (AvgIpc) is 3.36. The Kier molecular flexibility index (Phi) is 4.60. The molecule has 0 atom stereocenters.